The number of rotatable bonds is 5. The van der Waals surface area contributed by atoms with E-state index >= 15 is 0 Å². The van der Waals surface area contributed by atoms with Gasteiger partial charge in [0.1, 0.15) is 10.7 Å². The van der Waals surface area contributed by atoms with E-state index in [0.29, 0.717) is 12.4 Å². The van der Waals surface area contributed by atoms with Gasteiger partial charge < -0.3 is 10.1 Å². The summed E-state index contributed by atoms with van der Waals surface area (Å²) in [6.07, 6.45) is -4.49. The molecule has 0 spiro atoms. The molecule has 0 aliphatic rings. The molecule has 0 saturated heterocycles. The van der Waals surface area contributed by atoms with E-state index in [9.17, 15) is 13.2 Å². The molecule has 0 unspecified atom stereocenters. The molecule has 2 heterocycles. The summed E-state index contributed by atoms with van der Waals surface area (Å²) >= 11 is 0.956. The van der Waals surface area contributed by atoms with Crippen molar-refractivity contribution in [1.82, 2.24) is 20.5 Å². The SMILES string of the molecule is CCNCc1sc(-c2ccc(OC)nn2)nc1C(F)(F)F. The molecule has 0 amide bonds. The van der Waals surface area contributed by atoms with Gasteiger partial charge in [-0.3, -0.25) is 0 Å². The number of alkyl halides is 3. The van der Waals surface area contributed by atoms with Crippen LogP contribution in [-0.4, -0.2) is 28.8 Å². The highest BCUT2D eigenvalue weighted by Crippen LogP contribution is 2.37. The lowest BCUT2D eigenvalue weighted by molar-refractivity contribution is -0.141. The van der Waals surface area contributed by atoms with Crippen LogP contribution in [0, 0.1) is 0 Å². The number of ether oxygens (including phenoxy) is 1. The maximum Gasteiger partial charge on any atom is 0.434 e. The third kappa shape index (κ3) is 3.67. The molecule has 2 aromatic heterocycles. The van der Waals surface area contributed by atoms with E-state index in [2.05, 4.69) is 20.5 Å². The second-order valence-corrected chi connectivity index (χ2v) is 5.11. The summed E-state index contributed by atoms with van der Waals surface area (Å²) in [7, 11) is 1.43. The smallest absolute Gasteiger partial charge is 0.434 e. The van der Waals surface area contributed by atoms with Gasteiger partial charge in [-0.25, -0.2) is 4.98 Å². The Kier molecular flexibility index (Phi) is 4.73. The molecule has 2 aromatic rings. The van der Waals surface area contributed by atoms with E-state index in [1.807, 2.05) is 6.92 Å². The zero-order valence-electron chi connectivity index (χ0n) is 11.4. The van der Waals surface area contributed by atoms with Crippen LogP contribution < -0.4 is 10.1 Å². The first kappa shape index (κ1) is 15.6. The van der Waals surface area contributed by atoms with Crippen molar-refractivity contribution in [3.05, 3.63) is 22.7 Å². The van der Waals surface area contributed by atoms with Crippen LogP contribution in [0.25, 0.3) is 10.7 Å². The van der Waals surface area contributed by atoms with Gasteiger partial charge in [0.25, 0.3) is 0 Å². The zero-order chi connectivity index (χ0) is 15.5. The predicted octanol–water partition coefficient (Wildman–Crippen LogP) is 2.74. The Balaban J connectivity index is 2.37. The normalized spacial score (nSPS) is 11.7. The van der Waals surface area contributed by atoms with Gasteiger partial charge in [0, 0.05) is 12.6 Å². The van der Waals surface area contributed by atoms with Crippen molar-refractivity contribution < 1.29 is 17.9 Å². The minimum atomic E-state index is -4.49. The zero-order valence-corrected chi connectivity index (χ0v) is 12.2. The lowest BCUT2D eigenvalue weighted by Crippen LogP contribution is -2.15. The monoisotopic (exact) mass is 318 g/mol. The number of methoxy groups -OCH3 is 1. The molecule has 114 valence electrons. The highest BCUT2D eigenvalue weighted by molar-refractivity contribution is 7.15. The molecular formula is C12H13F3N4OS. The fraction of sp³-hybridized carbons (Fsp3) is 0.417. The molecular weight excluding hydrogens is 305 g/mol. The van der Waals surface area contributed by atoms with Crippen LogP contribution in [0.3, 0.4) is 0 Å². The van der Waals surface area contributed by atoms with Crippen LogP contribution in [0.15, 0.2) is 12.1 Å². The van der Waals surface area contributed by atoms with E-state index in [1.165, 1.54) is 19.2 Å². The van der Waals surface area contributed by atoms with Crippen LogP contribution in [0.1, 0.15) is 17.5 Å². The highest BCUT2D eigenvalue weighted by atomic mass is 32.1. The van der Waals surface area contributed by atoms with Gasteiger partial charge in [0.15, 0.2) is 5.69 Å². The topological polar surface area (TPSA) is 59.9 Å². The Morgan fingerprint density at radius 3 is 2.57 bits per heavy atom. The van der Waals surface area contributed by atoms with Gasteiger partial charge in [-0.15, -0.1) is 21.5 Å². The van der Waals surface area contributed by atoms with Crippen LogP contribution in [0.2, 0.25) is 0 Å². The summed E-state index contributed by atoms with van der Waals surface area (Å²) in [6, 6.07) is 3.06. The Bertz CT molecular complexity index is 598. The van der Waals surface area contributed by atoms with Crippen molar-refractivity contribution in [1.29, 1.82) is 0 Å². The van der Waals surface area contributed by atoms with Crippen LogP contribution in [0.4, 0.5) is 13.2 Å². The van der Waals surface area contributed by atoms with Gasteiger partial charge in [0.2, 0.25) is 5.88 Å². The molecule has 0 atom stereocenters. The van der Waals surface area contributed by atoms with Crippen molar-refractivity contribution in [3.63, 3.8) is 0 Å². The van der Waals surface area contributed by atoms with E-state index < -0.39 is 11.9 Å². The minimum Gasteiger partial charge on any atom is -0.480 e. The van der Waals surface area contributed by atoms with Gasteiger partial charge in [-0.1, -0.05) is 6.92 Å². The number of nitrogens with one attached hydrogen (secondary N) is 1. The molecule has 9 heteroatoms. The highest BCUT2D eigenvalue weighted by Gasteiger charge is 2.37. The molecule has 0 aliphatic heterocycles. The van der Waals surface area contributed by atoms with Crippen LogP contribution >= 0.6 is 11.3 Å². The van der Waals surface area contributed by atoms with Gasteiger partial charge in [0.05, 0.1) is 12.0 Å². The van der Waals surface area contributed by atoms with Gasteiger partial charge >= 0.3 is 6.18 Å². The van der Waals surface area contributed by atoms with Crippen molar-refractivity contribution in [3.8, 4) is 16.6 Å². The van der Waals surface area contributed by atoms with Crippen molar-refractivity contribution >= 4 is 11.3 Å². The second-order valence-electron chi connectivity index (χ2n) is 4.03. The van der Waals surface area contributed by atoms with Gasteiger partial charge in [-0.2, -0.15) is 13.2 Å². The van der Waals surface area contributed by atoms with E-state index in [-0.39, 0.29) is 22.1 Å². The summed E-state index contributed by atoms with van der Waals surface area (Å²) in [6.45, 7) is 2.52. The quantitative estimate of drug-likeness (QED) is 0.918. The van der Waals surface area contributed by atoms with E-state index in [1.54, 1.807) is 0 Å². The summed E-state index contributed by atoms with van der Waals surface area (Å²) in [4.78, 5) is 3.81. The molecule has 0 aromatic carbocycles. The molecule has 0 fully saturated rings. The second kappa shape index (κ2) is 6.35. The molecule has 0 saturated carbocycles. The molecule has 5 nitrogen and oxygen atoms in total. The average Bonchev–Trinajstić information content (AvgIpc) is 2.89. The fourth-order valence-electron chi connectivity index (χ4n) is 1.58. The number of hydrogen-bond acceptors (Lipinski definition) is 6. The standard InChI is InChI=1S/C12H13F3N4OS/c1-3-16-6-8-10(12(13,14)15)17-11(21-8)7-4-5-9(20-2)19-18-7/h4-5,16H,3,6H2,1-2H3. The largest absolute Gasteiger partial charge is 0.480 e. The maximum absolute atomic E-state index is 13.0. The predicted molar refractivity (Wildman–Crippen MR) is 72.1 cm³/mol. The first-order chi connectivity index (χ1) is 9.95. The number of aromatic nitrogens is 3. The Morgan fingerprint density at radius 2 is 2.05 bits per heavy atom. The molecule has 1 N–H and O–H groups in total. The minimum absolute atomic E-state index is 0.118. The van der Waals surface area contributed by atoms with Crippen LogP contribution in [0.5, 0.6) is 5.88 Å². The third-order valence-corrected chi connectivity index (χ3v) is 3.65. The fourth-order valence-corrected chi connectivity index (χ4v) is 2.60. The summed E-state index contributed by atoms with van der Waals surface area (Å²) < 4.78 is 43.8. The Morgan fingerprint density at radius 1 is 1.29 bits per heavy atom. The lowest BCUT2D eigenvalue weighted by Gasteiger charge is -2.05. The van der Waals surface area contributed by atoms with Crippen molar-refractivity contribution in [2.75, 3.05) is 13.7 Å². The molecule has 2 rings (SSSR count). The number of hydrogen-bond donors (Lipinski definition) is 1. The Labute approximate surface area is 123 Å². The first-order valence-corrected chi connectivity index (χ1v) is 6.93. The summed E-state index contributed by atoms with van der Waals surface area (Å²) in [5.74, 6) is 0.291. The molecule has 0 radical (unpaired) electrons. The number of thiazole rings is 1. The molecule has 0 bridgehead atoms. The van der Waals surface area contributed by atoms with Crippen LogP contribution in [-0.2, 0) is 12.7 Å². The Hall–Kier alpha value is -1.74. The maximum atomic E-state index is 13.0. The van der Waals surface area contributed by atoms with Crippen molar-refractivity contribution in [2.24, 2.45) is 0 Å². The third-order valence-electron chi connectivity index (χ3n) is 2.57. The van der Waals surface area contributed by atoms with Gasteiger partial charge in [-0.05, 0) is 12.6 Å². The molecule has 0 aliphatic carbocycles. The van der Waals surface area contributed by atoms with E-state index in [4.69, 9.17) is 4.74 Å². The molecule has 21 heavy (non-hydrogen) atoms. The first-order valence-electron chi connectivity index (χ1n) is 6.11. The average molecular weight is 318 g/mol. The lowest BCUT2D eigenvalue weighted by atomic mass is 10.3. The summed E-state index contributed by atoms with van der Waals surface area (Å²) in [5, 5.41) is 10.6. The van der Waals surface area contributed by atoms with Crippen molar-refractivity contribution in [2.45, 2.75) is 19.6 Å². The summed E-state index contributed by atoms with van der Waals surface area (Å²) in [5.41, 5.74) is -0.588. The number of halogens is 3. The number of nitrogens with zero attached hydrogens (tertiary/aromatic N) is 3. The van der Waals surface area contributed by atoms with E-state index in [0.717, 1.165) is 11.3 Å².